The Morgan fingerprint density at radius 2 is 2.06 bits per heavy atom. The fourth-order valence-electron chi connectivity index (χ4n) is 2.60. The predicted molar refractivity (Wildman–Crippen MR) is 67.8 cm³/mol. The van der Waals surface area contributed by atoms with Gasteiger partial charge in [0.25, 0.3) is 0 Å². The van der Waals surface area contributed by atoms with Gasteiger partial charge >= 0.3 is 0 Å². The number of nitrogens with one attached hydrogen (secondary N) is 1. The maximum atomic E-state index is 13.7. The van der Waals surface area contributed by atoms with E-state index < -0.39 is 0 Å². The van der Waals surface area contributed by atoms with E-state index in [1.165, 1.54) is 19.2 Å². The van der Waals surface area contributed by atoms with E-state index in [1.54, 1.807) is 6.92 Å². The average molecular weight is 253 g/mol. The molecule has 0 bridgehead atoms. The van der Waals surface area contributed by atoms with Gasteiger partial charge in [0.05, 0.1) is 5.69 Å². The van der Waals surface area contributed by atoms with Gasteiger partial charge in [-0.05, 0) is 31.6 Å². The van der Waals surface area contributed by atoms with Crippen LogP contribution in [0.4, 0.5) is 10.2 Å². The van der Waals surface area contributed by atoms with Crippen molar-refractivity contribution in [3.8, 4) is 0 Å². The van der Waals surface area contributed by atoms with Gasteiger partial charge in [-0.2, -0.15) is 0 Å². The Balaban J connectivity index is 1.96. The molecule has 1 aliphatic rings. The molecule has 0 spiro atoms. The number of aryl methyl sites for hydroxylation is 1. The fourth-order valence-corrected chi connectivity index (χ4v) is 2.60. The van der Waals surface area contributed by atoms with Crippen molar-refractivity contribution in [2.75, 3.05) is 18.5 Å². The van der Waals surface area contributed by atoms with Gasteiger partial charge in [-0.25, -0.2) is 14.4 Å². The number of halogens is 1. The summed E-state index contributed by atoms with van der Waals surface area (Å²) in [5.41, 5.74) is 0.356. The zero-order valence-corrected chi connectivity index (χ0v) is 10.7. The Kier molecular flexibility index (Phi) is 4.47. The first kappa shape index (κ1) is 13.2. The molecule has 2 unspecified atom stereocenters. The SMILES string of the molecule is Cc1ncnc(NCC2CCCCC2CO)c1F. The van der Waals surface area contributed by atoms with Crippen LogP contribution >= 0.6 is 0 Å². The lowest BCUT2D eigenvalue weighted by atomic mass is 9.79. The van der Waals surface area contributed by atoms with Gasteiger partial charge in [-0.1, -0.05) is 12.8 Å². The normalized spacial score (nSPS) is 23.9. The van der Waals surface area contributed by atoms with Crippen LogP contribution < -0.4 is 5.32 Å². The second-order valence-electron chi connectivity index (χ2n) is 4.99. The van der Waals surface area contributed by atoms with Gasteiger partial charge in [-0.3, -0.25) is 0 Å². The van der Waals surface area contributed by atoms with Crippen molar-refractivity contribution >= 4 is 5.82 Å². The number of aliphatic hydroxyl groups excluding tert-OH is 1. The Morgan fingerprint density at radius 1 is 1.33 bits per heavy atom. The molecule has 1 aromatic rings. The monoisotopic (exact) mass is 253 g/mol. The van der Waals surface area contributed by atoms with E-state index in [2.05, 4.69) is 15.3 Å². The molecule has 0 amide bonds. The van der Waals surface area contributed by atoms with Gasteiger partial charge < -0.3 is 10.4 Å². The van der Waals surface area contributed by atoms with Crippen LogP contribution in [0.25, 0.3) is 0 Å². The molecule has 0 saturated heterocycles. The molecule has 2 rings (SSSR count). The summed E-state index contributed by atoms with van der Waals surface area (Å²) in [6, 6.07) is 0. The molecular formula is C13H20FN3O. The van der Waals surface area contributed by atoms with Gasteiger partial charge in [0.1, 0.15) is 6.33 Å². The van der Waals surface area contributed by atoms with Crippen LogP contribution in [0, 0.1) is 24.6 Å². The number of hydrogen-bond donors (Lipinski definition) is 2. The average Bonchev–Trinajstić information content (AvgIpc) is 2.41. The standard InChI is InChI=1S/C13H20FN3O/c1-9-12(14)13(17-8-16-9)15-6-10-4-2-3-5-11(10)7-18/h8,10-11,18H,2-7H2,1H3,(H,15,16,17). The highest BCUT2D eigenvalue weighted by molar-refractivity contribution is 5.36. The molecule has 0 aromatic carbocycles. The molecule has 2 N–H and O–H groups in total. The quantitative estimate of drug-likeness (QED) is 0.863. The molecule has 1 aromatic heterocycles. The topological polar surface area (TPSA) is 58.0 Å². The summed E-state index contributed by atoms with van der Waals surface area (Å²) in [4.78, 5) is 7.71. The Bertz CT molecular complexity index is 400. The summed E-state index contributed by atoms with van der Waals surface area (Å²) in [6.45, 7) is 2.51. The van der Waals surface area contributed by atoms with Crippen LogP contribution in [0.1, 0.15) is 31.4 Å². The second-order valence-corrected chi connectivity index (χ2v) is 4.99. The second kappa shape index (κ2) is 6.09. The van der Waals surface area contributed by atoms with Crippen molar-refractivity contribution in [2.45, 2.75) is 32.6 Å². The van der Waals surface area contributed by atoms with Crippen molar-refractivity contribution in [1.82, 2.24) is 9.97 Å². The van der Waals surface area contributed by atoms with Crippen molar-refractivity contribution in [3.63, 3.8) is 0 Å². The van der Waals surface area contributed by atoms with Crippen LogP contribution in [0.3, 0.4) is 0 Å². The maximum Gasteiger partial charge on any atom is 0.186 e. The number of rotatable bonds is 4. The molecule has 1 heterocycles. The van der Waals surface area contributed by atoms with Crippen LogP contribution in [-0.4, -0.2) is 28.2 Å². The maximum absolute atomic E-state index is 13.7. The van der Waals surface area contributed by atoms with E-state index in [1.807, 2.05) is 0 Å². The van der Waals surface area contributed by atoms with E-state index in [0.717, 1.165) is 12.8 Å². The Morgan fingerprint density at radius 3 is 2.78 bits per heavy atom. The van der Waals surface area contributed by atoms with Gasteiger partial charge in [-0.15, -0.1) is 0 Å². The molecule has 18 heavy (non-hydrogen) atoms. The summed E-state index contributed by atoms with van der Waals surface area (Å²) in [7, 11) is 0. The van der Waals surface area contributed by atoms with Crippen LogP contribution in [-0.2, 0) is 0 Å². The highest BCUT2D eigenvalue weighted by Crippen LogP contribution is 2.29. The first-order valence-electron chi connectivity index (χ1n) is 6.54. The number of anilines is 1. The summed E-state index contributed by atoms with van der Waals surface area (Å²) in [5.74, 6) is 0.620. The molecule has 1 saturated carbocycles. The van der Waals surface area contributed by atoms with Gasteiger partial charge in [0.2, 0.25) is 0 Å². The van der Waals surface area contributed by atoms with Crippen molar-refractivity contribution < 1.29 is 9.50 Å². The summed E-state index contributed by atoms with van der Waals surface area (Å²) in [5, 5.41) is 12.4. The molecule has 2 atom stereocenters. The van der Waals surface area contributed by atoms with E-state index in [4.69, 9.17) is 0 Å². The molecule has 1 aliphatic carbocycles. The largest absolute Gasteiger partial charge is 0.396 e. The van der Waals surface area contributed by atoms with E-state index in [9.17, 15) is 9.50 Å². The van der Waals surface area contributed by atoms with Crippen molar-refractivity contribution in [3.05, 3.63) is 17.8 Å². The third-order valence-corrected chi connectivity index (χ3v) is 3.80. The molecular weight excluding hydrogens is 233 g/mol. The third kappa shape index (κ3) is 2.96. The summed E-state index contributed by atoms with van der Waals surface area (Å²) in [6.07, 6.45) is 5.89. The van der Waals surface area contributed by atoms with E-state index in [0.29, 0.717) is 24.1 Å². The first-order chi connectivity index (χ1) is 8.72. The lowest BCUT2D eigenvalue weighted by Crippen LogP contribution is -2.29. The lowest BCUT2D eigenvalue weighted by molar-refractivity contribution is 0.141. The Labute approximate surface area is 107 Å². The van der Waals surface area contributed by atoms with Gasteiger partial charge in [0, 0.05) is 13.2 Å². The van der Waals surface area contributed by atoms with E-state index >= 15 is 0 Å². The molecule has 100 valence electrons. The number of hydrogen-bond acceptors (Lipinski definition) is 4. The predicted octanol–water partition coefficient (Wildman–Crippen LogP) is 2.13. The lowest BCUT2D eigenvalue weighted by Gasteiger charge is -2.30. The number of nitrogens with zero attached hydrogens (tertiary/aromatic N) is 2. The molecule has 4 nitrogen and oxygen atoms in total. The number of aromatic nitrogens is 2. The molecule has 1 fully saturated rings. The van der Waals surface area contributed by atoms with Crippen molar-refractivity contribution in [1.29, 1.82) is 0 Å². The fraction of sp³-hybridized carbons (Fsp3) is 0.692. The van der Waals surface area contributed by atoms with Crippen molar-refractivity contribution in [2.24, 2.45) is 11.8 Å². The third-order valence-electron chi connectivity index (χ3n) is 3.80. The highest BCUT2D eigenvalue weighted by Gasteiger charge is 2.24. The van der Waals surface area contributed by atoms with E-state index in [-0.39, 0.29) is 18.2 Å². The van der Waals surface area contributed by atoms with Crippen LogP contribution in [0.15, 0.2) is 6.33 Å². The Hall–Kier alpha value is -1.23. The minimum atomic E-state index is -0.381. The van der Waals surface area contributed by atoms with Crippen LogP contribution in [0.5, 0.6) is 0 Å². The minimum absolute atomic E-state index is 0.220. The minimum Gasteiger partial charge on any atom is -0.396 e. The van der Waals surface area contributed by atoms with Gasteiger partial charge in [0.15, 0.2) is 11.6 Å². The smallest absolute Gasteiger partial charge is 0.186 e. The molecule has 0 aliphatic heterocycles. The molecule has 0 radical (unpaired) electrons. The summed E-state index contributed by atoms with van der Waals surface area (Å²) < 4.78 is 13.7. The first-order valence-corrected chi connectivity index (χ1v) is 6.54. The summed E-state index contributed by atoms with van der Waals surface area (Å²) >= 11 is 0. The highest BCUT2D eigenvalue weighted by atomic mass is 19.1. The zero-order valence-electron chi connectivity index (χ0n) is 10.7. The van der Waals surface area contributed by atoms with Crippen LogP contribution in [0.2, 0.25) is 0 Å². The zero-order chi connectivity index (χ0) is 13.0. The number of aliphatic hydroxyl groups is 1. The molecule has 5 heteroatoms.